The van der Waals surface area contributed by atoms with Crippen molar-refractivity contribution in [2.24, 2.45) is 0 Å². The van der Waals surface area contributed by atoms with Crippen LogP contribution in [-0.4, -0.2) is 10.1 Å². The first-order valence-corrected chi connectivity index (χ1v) is 7.29. The Morgan fingerprint density at radius 3 is 2.75 bits per heavy atom. The molecule has 0 radical (unpaired) electrons. The maximum atomic E-state index is 10.4. The van der Waals surface area contributed by atoms with Crippen molar-refractivity contribution in [3.63, 3.8) is 0 Å². The zero-order chi connectivity index (χ0) is 13.9. The molecule has 2 nitrogen and oxygen atoms in total. The van der Waals surface area contributed by atoms with E-state index in [9.17, 15) is 5.11 Å². The molecule has 0 aliphatic heterocycles. The van der Waals surface area contributed by atoms with Gasteiger partial charge in [0.15, 0.2) is 0 Å². The number of fused-ring (bicyclic) bond motifs is 1. The van der Waals surface area contributed by atoms with Gasteiger partial charge in [0.25, 0.3) is 0 Å². The van der Waals surface area contributed by atoms with Crippen molar-refractivity contribution < 1.29 is 5.11 Å². The third-order valence-electron chi connectivity index (χ3n) is 3.31. The van der Waals surface area contributed by atoms with E-state index in [4.69, 9.17) is 0 Å². The fourth-order valence-electron chi connectivity index (χ4n) is 2.28. The summed E-state index contributed by atoms with van der Waals surface area (Å²) in [5, 5.41) is 11.4. The van der Waals surface area contributed by atoms with E-state index in [1.165, 1.54) is 0 Å². The van der Waals surface area contributed by atoms with Gasteiger partial charge in [-0.25, -0.2) is 0 Å². The van der Waals surface area contributed by atoms with Gasteiger partial charge in [-0.15, -0.1) is 0 Å². The zero-order valence-corrected chi connectivity index (χ0v) is 12.4. The first-order chi connectivity index (χ1) is 9.72. The summed E-state index contributed by atoms with van der Waals surface area (Å²) in [6.07, 6.45) is 1.80. The Morgan fingerprint density at radius 2 is 1.90 bits per heavy atom. The average Bonchev–Trinajstić information content (AvgIpc) is 2.47. The zero-order valence-electron chi connectivity index (χ0n) is 10.8. The molecule has 0 bridgehead atoms. The molecule has 2 aromatic carbocycles. The van der Waals surface area contributed by atoms with Crippen LogP contribution in [0.2, 0.25) is 0 Å². The molecule has 0 amide bonds. The van der Waals surface area contributed by atoms with Crippen molar-refractivity contribution in [1.29, 1.82) is 0 Å². The van der Waals surface area contributed by atoms with Crippen LogP contribution in [0.5, 0.6) is 0 Å². The molecule has 3 rings (SSSR count). The number of aliphatic hydroxyl groups excluding tert-OH is 1. The standard InChI is InChI=1S/C17H14BrNO/c18-15-6-3-4-12(8-15)9-17(20)14-10-13-5-1-2-7-16(13)19-11-14/h1-8,10-11,17,20H,9H2. The van der Waals surface area contributed by atoms with E-state index in [1.807, 2.05) is 54.6 Å². The molecule has 3 aromatic rings. The first-order valence-electron chi connectivity index (χ1n) is 6.49. The van der Waals surface area contributed by atoms with Crippen LogP contribution in [-0.2, 0) is 6.42 Å². The van der Waals surface area contributed by atoms with Gasteiger partial charge in [-0.3, -0.25) is 4.98 Å². The highest BCUT2D eigenvalue weighted by Crippen LogP contribution is 2.22. The van der Waals surface area contributed by atoms with Crippen LogP contribution in [0.15, 0.2) is 65.3 Å². The van der Waals surface area contributed by atoms with Gasteiger partial charge in [-0.05, 0) is 35.4 Å². The summed E-state index contributed by atoms with van der Waals surface area (Å²) in [4.78, 5) is 4.39. The number of hydrogen-bond acceptors (Lipinski definition) is 2. The van der Waals surface area contributed by atoms with Crippen LogP contribution in [0.1, 0.15) is 17.2 Å². The molecule has 1 N–H and O–H groups in total. The van der Waals surface area contributed by atoms with Crippen molar-refractivity contribution in [1.82, 2.24) is 4.98 Å². The molecule has 3 heteroatoms. The van der Waals surface area contributed by atoms with E-state index in [1.54, 1.807) is 6.20 Å². The van der Waals surface area contributed by atoms with Crippen molar-refractivity contribution >= 4 is 26.8 Å². The number of aliphatic hydroxyl groups is 1. The van der Waals surface area contributed by atoms with E-state index >= 15 is 0 Å². The van der Waals surface area contributed by atoms with Crippen LogP contribution < -0.4 is 0 Å². The van der Waals surface area contributed by atoms with Crippen LogP contribution in [0, 0.1) is 0 Å². The van der Waals surface area contributed by atoms with Crippen molar-refractivity contribution in [3.8, 4) is 0 Å². The predicted octanol–water partition coefficient (Wildman–Crippen LogP) is 4.27. The minimum absolute atomic E-state index is 0.540. The Morgan fingerprint density at radius 1 is 1.05 bits per heavy atom. The van der Waals surface area contributed by atoms with E-state index in [0.29, 0.717) is 6.42 Å². The van der Waals surface area contributed by atoms with Crippen molar-refractivity contribution in [2.75, 3.05) is 0 Å². The number of benzene rings is 2. The Kier molecular flexibility index (Phi) is 3.81. The SMILES string of the molecule is OC(Cc1cccc(Br)c1)c1cnc2ccccc2c1. The molecular formula is C17H14BrNO. The van der Waals surface area contributed by atoms with Crippen LogP contribution >= 0.6 is 15.9 Å². The average molecular weight is 328 g/mol. The Balaban J connectivity index is 1.86. The third-order valence-corrected chi connectivity index (χ3v) is 3.81. The molecular weight excluding hydrogens is 314 g/mol. The van der Waals surface area contributed by atoms with Gasteiger partial charge < -0.3 is 5.11 Å². The molecule has 0 aliphatic rings. The lowest BCUT2D eigenvalue weighted by Gasteiger charge is -2.12. The molecule has 0 saturated carbocycles. The number of halogens is 1. The summed E-state index contributed by atoms with van der Waals surface area (Å²) in [6.45, 7) is 0. The van der Waals surface area contributed by atoms with Crippen LogP contribution in [0.3, 0.4) is 0 Å². The molecule has 100 valence electrons. The van der Waals surface area contributed by atoms with Gasteiger partial charge in [0, 0.05) is 22.5 Å². The molecule has 1 unspecified atom stereocenters. The minimum Gasteiger partial charge on any atom is -0.388 e. The molecule has 0 spiro atoms. The van der Waals surface area contributed by atoms with Gasteiger partial charge in [0.1, 0.15) is 0 Å². The van der Waals surface area contributed by atoms with Gasteiger partial charge in [0.2, 0.25) is 0 Å². The summed E-state index contributed by atoms with van der Waals surface area (Å²) in [7, 11) is 0. The van der Waals surface area contributed by atoms with Crippen LogP contribution in [0.25, 0.3) is 10.9 Å². The smallest absolute Gasteiger partial charge is 0.0845 e. The van der Waals surface area contributed by atoms with Crippen LogP contribution in [0.4, 0.5) is 0 Å². The molecule has 20 heavy (non-hydrogen) atoms. The summed E-state index contributed by atoms with van der Waals surface area (Å²) >= 11 is 3.45. The number of nitrogens with zero attached hydrogens (tertiary/aromatic N) is 1. The predicted molar refractivity (Wildman–Crippen MR) is 84.5 cm³/mol. The number of pyridine rings is 1. The first kappa shape index (κ1) is 13.3. The Bertz CT molecular complexity index is 742. The number of hydrogen-bond donors (Lipinski definition) is 1. The highest BCUT2D eigenvalue weighted by atomic mass is 79.9. The largest absolute Gasteiger partial charge is 0.388 e. The lowest BCUT2D eigenvalue weighted by Crippen LogP contribution is -2.02. The number of rotatable bonds is 3. The number of para-hydroxylation sites is 1. The van der Waals surface area contributed by atoms with Gasteiger partial charge >= 0.3 is 0 Å². The quantitative estimate of drug-likeness (QED) is 0.779. The van der Waals surface area contributed by atoms with Gasteiger partial charge in [-0.2, -0.15) is 0 Å². The summed E-state index contributed by atoms with van der Waals surface area (Å²) in [5.41, 5.74) is 2.90. The molecule has 1 aromatic heterocycles. The Hall–Kier alpha value is -1.71. The highest BCUT2D eigenvalue weighted by molar-refractivity contribution is 9.10. The summed E-state index contributed by atoms with van der Waals surface area (Å²) in [6, 6.07) is 17.9. The van der Waals surface area contributed by atoms with E-state index in [0.717, 1.165) is 26.5 Å². The second-order valence-electron chi connectivity index (χ2n) is 4.81. The topological polar surface area (TPSA) is 33.1 Å². The van der Waals surface area contributed by atoms with Crippen molar-refractivity contribution in [3.05, 3.63) is 76.4 Å². The lowest BCUT2D eigenvalue weighted by molar-refractivity contribution is 0.178. The maximum absolute atomic E-state index is 10.4. The van der Waals surface area contributed by atoms with Crippen molar-refractivity contribution in [2.45, 2.75) is 12.5 Å². The second-order valence-corrected chi connectivity index (χ2v) is 5.73. The van der Waals surface area contributed by atoms with Gasteiger partial charge in [0.05, 0.1) is 11.6 Å². The normalized spacial score (nSPS) is 12.5. The van der Waals surface area contributed by atoms with Gasteiger partial charge in [-0.1, -0.05) is 46.3 Å². The summed E-state index contributed by atoms with van der Waals surface area (Å²) < 4.78 is 1.03. The maximum Gasteiger partial charge on any atom is 0.0845 e. The minimum atomic E-state index is -0.540. The van der Waals surface area contributed by atoms with E-state index < -0.39 is 6.10 Å². The molecule has 0 saturated heterocycles. The fourth-order valence-corrected chi connectivity index (χ4v) is 2.72. The molecule has 1 atom stereocenters. The lowest BCUT2D eigenvalue weighted by atomic mass is 10.0. The second kappa shape index (κ2) is 5.73. The highest BCUT2D eigenvalue weighted by Gasteiger charge is 2.10. The monoisotopic (exact) mass is 327 g/mol. The number of aromatic nitrogens is 1. The summed E-state index contributed by atoms with van der Waals surface area (Å²) in [5.74, 6) is 0. The Labute approximate surface area is 126 Å². The van der Waals surface area contributed by atoms with E-state index in [-0.39, 0.29) is 0 Å². The molecule has 1 heterocycles. The molecule has 0 fully saturated rings. The fraction of sp³-hybridized carbons (Fsp3) is 0.118. The van der Waals surface area contributed by atoms with E-state index in [2.05, 4.69) is 20.9 Å². The molecule has 0 aliphatic carbocycles. The third kappa shape index (κ3) is 2.89.